The van der Waals surface area contributed by atoms with Crippen molar-refractivity contribution in [3.63, 3.8) is 0 Å². The number of ether oxygens (including phenoxy) is 2. The number of nitrogens with two attached hydrogens (primary N) is 1. The lowest BCUT2D eigenvalue weighted by atomic mass is 9.86. The molecule has 0 amide bonds. The molecule has 1 aliphatic heterocycles. The Labute approximate surface area is 148 Å². The molecule has 4 atom stereocenters. The molecule has 1 aliphatic carbocycles. The molecule has 2 aromatic rings. The molecule has 1 unspecified atom stereocenters. The van der Waals surface area contributed by atoms with Crippen molar-refractivity contribution in [3.8, 4) is 6.01 Å². The van der Waals surface area contributed by atoms with Crippen molar-refractivity contribution >= 4 is 28.6 Å². The molecule has 2 aliphatic rings. The molecule has 1 saturated carbocycles. The van der Waals surface area contributed by atoms with Crippen LogP contribution >= 0.6 is 11.6 Å². The third kappa shape index (κ3) is 2.90. The lowest BCUT2D eigenvalue weighted by Gasteiger charge is -2.24. The molecule has 136 valence electrons. The van der Waals surface area contributed by atoms with Crippen molar-refractivity contribution < 1.29 is 19.0 Å². The number of hydrogen-bond donors (Lipinski definition) is 2. The molecule has 1 saturated heterocycles. The largest absolute Gasteiger partial charge is 0.463 e. The van der Waals surface area contributed by atoms with Crippen LogP contribution in [0.3, 0.4) is 0 Å². The summed E-state index contributed by atoms with van der Waals surface area (Å²) >= 11 is 6.03. The number of halogens is 2. The maximum absolute atomic E-state index is 13.0. The fourth-order valence-corrected chi connectivity index (χ4v) is 3.33. The number of aliphatic hydroxyl groups excluding tert-OH is 1. The maximum Gasteiger partial charge on any atom is 0.320 e. The van der Waals surface area contributed by atoms with E-state index in [1.54, 1.807) is 0 Å². The van der Waals surface area contributed by atoms with Crippen molar-refractivity contribution in [2.24, 2.45) is 5.92 Å². The number of aliphatic hydroxyl groups is 1. The van der Waals surface area contributed by atoms with Gasteiger partial charge < -0.3 is 20.3 Å². The minimum atomic E-state index is -1.10. The van der Waals surface area contributed by atoms with Crippen LogP contribution in [0.5, 0.6) is 6.01 Å². The minimum absolute atomic E-state index is 0.149. The van der Waals surface area contributed by atoms with Gasteiger partial charge in [0.2, 0.25) is 0 Å². The van der Waals surface area contributed by atoms with Gasteiger partial charge in [0.1, 0.15) is 18.9 Å². The van der Waals surface area contributed by atoms with E-state index in [2.05, 4.69) is 15.0 Å². The maximum atomic E-state index is 13.0. The highest BCUT2D eigenvalue weighted by atomic mass is 35.5. The van der Waals surface area contributed by atoms with E-state index < -0.39 is 30.5 Å². The van der Waals surface area contributed by atoms with E-state index in [4.69, 9.17) is 26.8 Å². The van der Waals surface area contributed by atoms with Gasteiger partial charge in [0, 0.05) is 0 Å². The van der Waals surface area contributed by atoms with Gasteiger partial charge in [0.25, 0.3) is 0 Å². The van der Waals surface area contributed by atoms with Crippen LogP contribution in [0.1, 0.15) is 25.5 Å². The van der Waals surface area contributed by atoms with Crippen LogP contribution in [0, 0.1) is 5.92 Å². The topological polar surface area (TPSA) is 108 Å². The number of fused-ring (bicyclic) bond motifs is 1. The summed E-state index contributed by atoms with van der Waals surface area (Å²) < 4.78 is 25.6. The minimum Gasteiger partial charge on any atom is -0.463 e. The Morgan fingerprint density at radius 1 is 1.44 bits per heavy atom. The molecule has 10 heteroatoms. The lowest BCUT2D eigenvalue weighted by molar-refractivity contribution is -0.0403. The summed E-state index contributed by atoms with van der Waals surface area (Å²) in [6, 6.07) is 0.149. The number of hydrogen-bond acceptors (Lipinski definition) is 7. The van der Waals surface area contributed by atoms with Gasteiger partial charge in [-0.15, -0.1) is 11.6 Å². The van der Waals surface area contributed by atoms with E-state index in [-0.39, 0.29) is 11.8 Å². The summed E-state index contributed by atoms with van der Waals surface area (Å²) in [4.78, 5) is 12.6. The first kappa shape index (κ1) is 16.7. The van der Waals surface area contributed by atoms with Crippen LogP contribution in [0.4, 0.5) is 10.2 Å². The molecule has 25 heavy (non-hydrogen) atoms. The lowest BCUT2D eigenvalue weighted by Crippen LogP contribution is -2.27. The summed E-state index contributed by atoms with van der Waals surface area (Å²) in [7, 11) is 0. The number of nitrogen functional groups attached to an aromatic ring is 1. The van der Waals surface area contributed by atoms with Gasteiger partial charge in [0.05, 0.1) is 18.3 Å². The Morgan fingerprint density at radius 2 is 2.24 bits per heavy atom. The molecular weight excluding hydrogens is 353 g/mol. The van der Waals surface area contributed by atoms with Crippen LogP contribution in [0.2, 0.25) is 0 Å². The second-order valence-electron chi connectivity index (χ2n) is 6.48. The number of nitrogens with zero attached hydrogens (tertiary/aromatic N) is 4. The Balaban J connectivity index is 1.64. The normalized spacial score (nSPS) is 29.9. The van der Waals surface area contributed by atoms with Gasteiger partial charge >= 0.3 is 6.01 Å². The number of anilines is 1. The first-order chi connectivity index (χ1) is 12.1. The predicted molar refractivity (Wildman–Crippen MR) is 88.1 cm³/mol. The van der Waals surface area contributed by atoms with E-state index >= 15 is 0 Å². The first-order valence-electron chi connectivity index (χ1n) is 8.25. The average Bonchev–Trinajstić information content (AvgIpc) is 3.09. The molecule has 2 fully saturated rings. The average molecular weight is 372 g/mol. The van der Waals surface area contributed by atoms with Crippen molar-refractivity contribution in [1.82, 2.24) is 19.5 Å². The molecule has 0 radical (unpaired) electrons. The Kier molecular flexibility index (Phi) is 4.38. The van der Waals surface area contributed by atoms with E-state index in [0.717, 1.165) is 12.8 Å². The van der Waals surface area contributed by atoms with Gasteiger partial charge in [-0.3, -0.25) is 4.57 Å². The zero-order valence-electron chi connectivity index (χ0n) is 13.4. The summed E-state index contributed by atoms with van der Waals surface area (Å²) in [5.74, 6) is 0.692. The van der Waals surface area contributed by atoms with Crippen LogP contribution in [-0.4, -0.2) is 55.5 Å². The Hall–Kier alpha value is -1.71. The molecule has 8 nitrogen and oxygen atoms in total. The highest BCUT2D eigenvalue weighted by molar-refractivity contribution is 6.21. The van der Waals surface area contributed by atoms with Crippen LogP contribution < -0.4 is 10.5 Å². The van der Waals surface area contributed by atoms with Crippen LogP contribution in [-0.2, 0) is 4.74 Å². The third-order valence-electron chi connectivity index (χ3n) is 4.81. The fourth-order valence-electron chi connectivity index (χ4n) is 3.08. The Morgan fingerprint density at radius 3 is 2.88 bits per heavy atom. The van der Waals surface area contributed by atoms with Crippen LogP contribution in [0.25, 0.3) is 11.2 Å². The van der Waals surface area contributed by atoms with E-state index in [9.17, 15) is 9.50 Å². The van der Waals surface area contributed by atoms with Gasteiger partial charge in [0.15, 0.2) is 23.2 Å². The quantitative estimate of drug-likeness (QED) is 0.765. The number of rotatable bonds is 5. The second kappa shape index (κ2) is 6.54. The zero-order valence-corrected chi connectivity index (χ0v) is 14.1. The van der Waals surface area contributed by atoms with Crippen molar-refractivity contribution in [2.75, 3.05) is 19.0 Å². The summed E-state index contributed by atoms with van der Waals surface area (Å²) in [5.41, 5.74) is 6.65. The van der Waals surface area contributed by atoms with Crippen LogP contribution in [0.15, 0.2) is 6.33 Å². The first-order valence-corrected chi connectivity index (χ1v) is 8.68. The van der Waals surface area contributed by atoms with Gasteiger partial charge in [-0.05, 0) is 18.8 Å². The smallest absolute Gasteiger partial charge is 0.320 e. The molecule has 3 N–H and O–H groups in total. The van der Waals surface area contributed by atoms with Gasteiger partial charge in [-0.2, -0.15) is 9.97 Å². The van der Waals surface area contributed by atoms with Gasteiger partial charge in [-0.1, -0.05) is 6.42 Å². The molecule has 0 bridgehead atoms. The number of imidazole rings is 1. The molecule has 0 aromatic carbocycles. The van der Waals surface area contributed by atoms with Crippen molar-refractivity contribution in [3.05, 3.63) is 6.33 Å². The summed E-state index contributed by atoms with van der Waals surface area (Å²) in [6.45, 7) is -0.253. The summed E-state index contributed by atoms with van der Waals surface area (Å²) in [6.07, 6.45) is 2.02. The van der Waals surface area contributed by atoms with Crippen molar-refractivity contribution in [1.29, 1.82) is 0 Å². The molecular formula is C15H19ClFN5O3. The Bertz CT molecular complexity index is 771. The van der Waals surface area contributed by atoms with E-state index in [0.29, 0.717) is 23.7 Å². The SMILES string of the molecule is Nc1nc(OCC2CCC2)nc2c1ncn2C1O[C@H](CF)[C@H](Cl)[C@H]1O. The molecule has 3 heterocycles. The summed E-state index contributed by atoms with van der Waals surface area (Å²) in [5, 5.41) is 9.41. The molecule has 0 spiro atoms. The zero-order chi connectivity index (χ0) is 17.6. The number of aromatic nitrogens is 4. The molecule has 4 rings (SSSR count). The van der Waals surface area contributed by atoms with E-state index in [1.807, 2.05) is 0 Å². The van der Waals surface area contributed by atoms with E-state index in [1.165, 1.54) is 17.3 Å². The highest BCUT2D eigenvalue weighted by Gasteiger charge is 2.44. The highest BCUT2D eigenvalue weighted by Crippen LogP contribution is 2.35. The van der Waals surface area contributed by atoms with Gasteiger partial charge in [-0.25, -0.2) is 9.37 Å². The van der Waals surface area contributed by atoms with Crippen molar-refractivity contribution in [2.45, 2.75) is 43.1 Å². The third-order valence-corrected chi connectivity index (χ3v) is 5.35. The monoisotopic (exact) mass is 371 g/mol. The molecule has 2 aromatic heterocycles. The standard InChI is InChI=1S/C15H19ClFN5O3/c16-9-8(4-17)25-14(11(9)23)22-6-19-10-12(18)20-15(21-13(10)22)24-5-7-2-1-3-7/h6-9,11,14,23H,1-5H2,(H2,18,20,21)/t8-,9+,11-,14?/m1/s1. The fraction of sp³-hybridized carbons (Fsp3) is 0.667. The number of alkyl halides is 2. The second-order valence-corrected chi connectivity index (χ2v) is 6.98. The predicted octanol–water partition coefficient (Wildman–Crippen LogP) is 1.42.